The van der Waals surface area contributed by atoms with E-state index in [1.165, 1.54) is 0 Å². The molecular weight excluding hydrogens is 714 g/mol. The predicted molar refractivity (Wildman–Crippen MR) is 224 cm³/mol. The van der Waals surface area contributed by atoms with Crippen LogP contribution >= 0.6 is 11.6 Å². The molecule has 8 nitrogen and oxygen atoms in total. The lowest BCUT2D eigenvalue weighted by molar-refractivity contribution is 0.324. The first-order chi connectivity index (χ1) is 26.9. The van der Waals surface area contributed by atoms with Gasteiger partial charge in [-0.25, -0.2) is 0 Å². The molecule has 282 valence electrons. The van der Waals surface area contributed by atoms with Crippen molar-refractivity contribution in [1.29, 1.82) is 10.5 Å². The number of halogens is 1. The van der Waals surface area contributed by atoms with Crippen molar-refractivity contribution in [3.05, 3.63) is 129 Å². The molecule has 1 N–H and O–H groups in total. The zero-order chi connectivity index (χ0) is 39.5. The number of H-pyrrole nitrogens is 1. The van der Waals surface area contributed by atoms with Gasteiger partial charge >= 0.3 is 0 Å². The van der Waals surface area contributed by atoms with Gasteiger partial charge in [-0.05, 0) is 142 Å². The highest BCUT2D eigenvalue weighted by atomic mass is 35.5. The standard InChI is InChI=1S/C47H46ClN7O/c1-28-9-10-35(45-31(4)53-56-32(45)5)22-42(28)55(7)39-17-18-40(41(48)24-39)47(27-50)25-37(47)21-33-11-12-34(44-29(2)51-52-30(44)3)23-43(33)54(6)38-15-13-36(14-16-38)46(26-49)19-8-20-46/h9-18,22-24,37H,8,19-21,25H2,1-7H3,(H,51,52). The van der Waals surface area contributed by atoms with E-state index < -0.39 is 5.41 Å². The lowest BCUT2D eigenvalue weighted by Gasteiger charge is -2.36. The summed E-state index contributed by atoms with van der Waals surface area (Å²) in [5.74, 6) is 0.882. The van der Waals surface area contributed by atoms with Crippen molar-refractivity contribution in [3.8, 4) is 34.4 Å². The first kappa shape index (κ1) is 37.1. The molecule has 2 aliphatic carbocycles. The fourth-order valence-electron chi connectivity index (χ4n) is 8.92. The van der Waals surface area contributed by atoms with Gasteiger partial charge in [0.05, 0.1) is 34.4 Å². The van der Waals surface area contributed by atoms with Gasteiger partial charge in [0, 0.05) is 58.7 Å². The van der Waals surface area contributed by atoms with E-state index in [9.17, 15) is 10.5 Å². The Labute approximate surface area is 334 Å². The van der Waals surface area contributed by atoms with Crippen LogP contribution in [0.15, 0.2) is 83.4 Å². The van der Waals surface area contributed by atoms with E-state index in [1.807, 2.05) is 46.9 Å². The normalized spacial score (nSPS) is 18.1. The van der Waals surface area contributed by atoms with Crippen LogP contribution in [0.5, 0.6) is 0 Å². The number of aromatic amines is 1. The van der Waals surface area contributed by atoms with E-state index in [4.69, 9.17) is 16.1 Å². The van der Waals surface area contributed by atoms with E-state index in [1.54, 1.807) is 0 Å². The molecule has 2 aromatic heterocycles. The van der Waals surface area contributed by atoms with Gasteiger partial charge in [0.1, 0.15) is 5.76 Å². The number of nitrogens with zero attached hydrogens (tertiary/aromatic N) is 6. The zero-order valence-electron chi connectivity index (χ0n) is 33.1. The van der Waals surface area contributed by atoms with Crippen molar-refractivity contribution in [2.45, 2.75) is 77.6 Å². The summed E-state index contributed by atoms with van der Waals surface area (Å²) in [5.41, 5.74) is 14.4. The summed E-state index contributed by atoms with van der Waals surface area (Å²) in [7, 11) is 4.14. The van der Waals surface area contributed by atoms with Crippen LogP contribution in [0, 0.1) is 63.2 Å². The second kappa shape index (κ2) is 14.0. The highest BCUT2D eigenvalue weighted by Gasteiger charge is 2.57. The summed E-state index contributed by atoms with van der Waals surface area (Å²) in [6, 6.07) is 32.9. The van der Waals surface area contributed by atoms with Gasteiger partial charge in [0.2, 0.25) is 0 Å². The Hall–Kier alpha value is -5.83. The van der Waals surface area contributed by atoms with Crippen LogP contribution in [0.3, 0.4) is 0 Å². The molecule has 9 heteroatoms. The van der Waals surface area contributed by atoms with Gasteiger partial charge in [0.15, 0.2) is 0 Å². The third-order valence-electron chi connectivity index (χ3n) is 12.6. The average molecular weight is 760 g/mol. The maximum absolute atomic E-state index is 10.8. The number of nitriles is 2. The van der Waals surface area contributed by atoms with Crippen molar-refractivity contribution in [2.24, 2.45) is 5.92 Å². The summed E-state index contributed by atoms with van der Waals surface area (Å²) >= 11 is 7.13. The fourth-order valence-corrected chi connectivity index (χ4v) is 9.27. The second-order valence-corrected chi connectivity index (χ2v) is 16.3. The van der Waals surface area contributed by atoms with Crippen molar-refractivity contribution in [3.63, 3.8) is 0 Å². The summed E-state index contributed by atoms with van der Waals surface area (Å²) in [5, 5.41) is 33.1. The molecule has 2 aliphatic rings. The van der Waals surface area contributed by atoms with Gasteiger partial charge in [-0.1, -0.05) is 59.2 Å². The van der Waals surface area contributed by atoms with Crippen LogP contribution in [0.1, 0.15) is 70.8 Å². The van der Waals surface area contributed by atoms with Gasteiger partial charge in [-0.3, -0.25) is 5.10 Å². The van der Waals surface area contributed by atoms with Crippen LogP contribution in [0.25, 0.3) is 22.3 Å². The molecule has 8 rings (SSSR count). The largest absolute Gasteiger partial charge is 0.361 e. The summed E-state index contributed by atoms with van der Waals surface area (Å²) in [4.78, 5) is 4.37. The summed E-state index contributed by atoms with van der Waals surface area (Å²) in [6.45, 7) is 10.1. The van der Waals surface area contributed by atoms with E-state index in [0.29, 0.717) is 5.02 Å². The van der Waals surface area contributed by atoms with E-state index in [-0.39, 0.29) is 11.3 Å². The molecule has 2 atom stereocenters. The molecule has 2 unspecified atom stereocenters. The predicted octanol–water partition coefficient (Wildman–Crippen LogP) is 11.4. The Balaban J connectivity index is 1.09. The number of aromatic nitrogens is 3. The van der Waals surface area contributed by atoms with E-state index in [0.717, 1.165) is 122 Å². The molecule has 6 aromatic rings. The molecule has 2 fully saturated rings. The van der Waals surface area contributed by atoms with Crippen LogP contribution in [0.2, 0.25) is 5.02 Å². The first-order valence-electron chi connectivity index (χ1n) is 19.3. The highest BCUT2D eigenvalue weighted by molar-refractivity contribution is 6.32. The first-order valence-corrected chi connectivity index (χ1v) is 19.7. The van der Waals surface area contributed by atoms with Crippen molar-refractivity contribution < 1.29 is 4.52 Å². The zero-order valence-corrected chi connectivity index (χ0v) is 33.8. The maximum atomic E-state index is 10.8. The molecule has 0 radical (unpaired) electrons. The van der Waals surface area contributed by atoms with Crippen LogP contribution in [0.4, 0.5) is 22.7 Å². The number of hydrogen-bond acceptors (Lipinski definition) is 7. The second-order valence-electron chi connectivity index (χ2n) is 15.9. The van der Waals surface area contributed by atoms with Crippen LogP contribution in [-0.4, -0.2) is 29.4 Å². The SMILES string of the molecule is Cc1ccc(-c2c(C)noc2C)cc1N(C)c1ccc(C2(C#N)CC2Cc2ccc(-c3c(C)n[nH]c3C)cc2N(C)c2ccc(C3(C#N)CCC3)cc2)c(Cl)c1. The number of nitrogens with one attached hydrogen (secondary N) is 1. The minimum atomic E-state index is -0.685. The van der Waals surface area contributed by atoms with Gasteiger partial charge in [0.25, 0.3) is 0 Å². The Morgan fingerprint density at radius 2 is 1.48 bits per heavy atom. The molecular formula is C47H46ClN7O. The Bertz CT molecular complexity index is 2530. The number of rotatable bonds is 10. The topological polar surface area (TPSA) is 109 Å². The fraction of sp³-hybridized carbons (Fsp3) is 0.319. The van der Waals surface area contributed by atoms with Crippen LogP contribution in [-0.2, 0) is 17.3 Å². The van der Waals surface area contributed by atoms with Gasteiger partial charge in [-0.2, -0.15) is 15.6 Å². The number of anilines is 4. The Kier molecular flexibility index (Phi) is 9.30. The van der Waals surface area contributed by atoms with Crippen molar-refractivity contribution >= 4 is 34.4 Å². The minimum Gasteiger partial charge on any atom is -0.361 e. The smallest absolute Gasteiger partial charge is 0.141 e. The third-order valence-corrected chi connectivity index (χ3v) is 12.9. The van der Waals surface area contributed by atoms with Gasteiger partial charge < -0.3 is 14.3 Å². The molecule has 0 spiro atoms. The number of aryl methyl sites for hydroxylation is 5. The highest BCUT2D eigenvalue weighted by Crippen LogP contribution is 2.58. The molecule has 0 aliphatic heterocycles. The molecule has 56 heavy (non-hydrogen) atoms. The van der Waals surface area contributed by atoms with Gasteiger partial charge in [-0.15, -0.1) is 0 Å². The minimum absolute atomic E-state index is 0.0921. The summed E-state index contributed by atoms with van der Waals surface area (Å²) in [6.07, 6.45) is 4.37. The molecule has 2 saturated carbocycles. The van der Waals surface area contributed by atoms with Crippen LogP contribution < -0.4 is 9.80 Å². The van der Waals surface area contributed by atoms with E-state index >= 15 is 0 Å². The summed E-state index contributed by atoms with van der Waals surface area (Å²) < 4.78 is 5.46. The molecule has 2 heterocycles. The molecule has 4 aromatic carbocycles. The van der Waals surface area contributed by atoms with Crippen molar-refractivity contribution in [1.82, 2.24) is 15.4 Å². The molecule has 0 saturated heterocycles. The number of benzene rings is 4. The monoisotopic (exact) mass is 759 g/mol. The molecule has 0 amide bonds. The Morgan fingerprint density at radius 1 is 0.804 bits per heavy atom. The average Bonchev–Trinajstić information content (AvgIpc) is 3.63. The lowest BCUT2D eigenvalue weighted by Crippen LogP contribution is -2.32. The maximum Gasteiger partial charge on any atom is 0.141 e. The lowest BCUT2D eigenvalue weighted by atomic mass is 9.65. The number of hydrogen-bond donors (Lipinski definition) is 1. The quantitative estimate of drug-likeness (QED) is 0.148. The molecule has 0 bridgehead atoms. The third kappa shape index (κ3) is 6.14. The van der Waals surface area contributed by atoms with Crippen molar-refractivity contribution in [2.75, 3.05) is 23.9 Å². The Morgan fingerprint density at radius 3 is 2.09 bits per heavy atom. The van der Waals surface area contributed by atoms with E-state index in [2.05, 4.69) is 118 Å².